The Morgan fingerprint density at radius 2 is 1.91 bits per heavy atom. The lowest BCUT2D eigenvalue weighted by Gasteiger charge is -2.33. The fraction of sp³-hybridized carbons (Fsp3) is 0.500. The zero-order valence-corrected chi connectivity index (χ0v) is 14.2. The maximum Gasteiger partial charge on any atom is 0.209 e. The molecule has 1 saturated carbocycles. The van der Waals surface area contributed by atoms with Crippen LogP contribution in [0.2, 0.25) is 5.02 Å². The van der Waals surface area contributed by atoms with Gasteiger partial charge in [0.2, 0.25) is 5.89 Å². The van der Waals surface area contributed by atoms with E-state index < -0.39 is 0 Å². The van der Waals surface area contributed by atoms with Crippen molar-refractivity contribution in [1.82, 2.24) is 9.88 Å². The smallest absolute Gasteiger partial charge is 0.209 e. The Hall–Kier alpha value is -1.36. The Bertz CT molecular complexity index is 618. The van der Waals surface area contributed by atoms with Crippen LogP contribution in [-0.4, -0.2) is 34.7 Å². The van der Waals surface area contributed by atoms with E-state index in [-0.39, 0.29) is 0 Å². The fourth-order valence-corrected chi connectivity index (χ4v) is 3.37. The van der Waals surface area contributed by atoms with Gasteiger partial charge in [0.25, 0.3) is 0 Å². The summed E-state index contributed by atoms with van der Waals surface area (Å²) in [4.78, 5) is 6.71. The largest absolute Gasteiger partial charge is 0.439 e. The van der Waals surface area contributed by atoms with E-state index in [0.29, 0.717) is 30.1 Å². The van der Waals surface area contributed by atoms with E-state index in [9.17, 15) is 5.11 Å². The molecule has 5 heteroatoms. The average molecular weight is 335 g/mol. The number of halogens is 1. The van der Waals surface area contributed by atoms with Crippen molar-refractivity contribution in [2.24, 2.45) is 5.92 Å². The summed E-state index contributed by atoms with van der Waals surface area (Å²) < 4.78 is 5.88. The van der Waals surface area contributed by atoms with Crippen molar-refractivity contribution in [3.05, 3.63) is 41.4 Å². The first-order valence-corrected chi connectivity index (χ1v) is 8.55. The number of aliphatic hydroxyl groups is 1. The Morgan fingerprint density at radius 1 is 1.22 bits per heavy atom. The second-order valence-electron chi connectivity index (χ2n) is 6.40. The molecule has 1 heterocycles. The summed E-state index contributed by atoms with van der Waals surface area (Å²) >= 11 is 5.91. The summed E-state index contributed by atoms with van der Waals surface area (Å²) in [5.41, 5.74) is 0.985. The van der Waals surface area contributed by atoms with Gasteiger partial charge in [-0.15, -0.1) is 0 Å². The van der Waals surface area contributed by atoms with E-state index in [0.717, 1.165) is 42.9 Å². The van der Waals surface area contributed by atoms with Gasteiger partial charge < -0.3 is 9.52 Å². The highest BCUT2D eigenvalue weighted by Crippen LogP contribution is 2.28. The lowest BCUT2D eigenvalue weighted by molar-refractivity contribution is 0.118. The molecule has 0 aliphatic heterocycles. The quantitative estimate of drug-likeness (QED) is 0.898. The molecule has 1 aliphatic rings. The molecule has 2 aromatic rings. The Kier molecular flexibility index (Phi) is 5.36. The molecule has 0 radical (unpaired) electrons. The SMILES string of the molecule is CN(Cc1ncc(-c2ccc(Cl)cc2)o1)C1CCC(CO)CC1. The van der Waals surface area contributed by atoms with Gasteiger partial charge >= 0.3 is 0 Å². The van der Waals surface area contributed by atoms with Crippen LogP contribution >= 0.6 is 11.6 Å². The first kappa shape index (κ1) is 16.5. The summed E-state index contributed by atoms with van der Waals surface area (Å²) in [5, 5.41) is 9.95. The van der Waals surface area contributed by atoms with Crippen molar-refractivity contribution in [2.45, 2.75) is 38.3 Å². The molecule has 1 N–H and O–H groups in total. The van der Waals surface area contributed by atoms with E-state index in [4.69, 9.17) is 16.0 Å². The van der Waals surface area contributed by atoms with Crippen LogP contribution in [0.15, 0.2) is 34.9 Å². The van der Waals surface area contributed by atoms with Gasteiger partial charge in [-0.05, 0) is 62.9 Å². The number of aromatic nitrogens is 1. The van der Waals surface area contributed by atoms with Crippen LogP contribution in [-0.2, 0) is 6.54 Å². The molecule has 1 aromatic heterocycles. The minimum absolute atomic E-state index is 0.320. The van der Waals surface area contributed by atoms with Crippen molar-refractivity contribution in [2.75, 3.05) is 13.7 Å². The average Bonchev–Trinajstić information content (AvgIpc) is 3.04. The van der Waals surface area contributed by atoms with Gasteiger partial charge in [0, 0.05) is 23.2 Å². The molecule has 1 fully saturated rings. The maximum absolute atomic E-state index is 9.23. The molecule has 1 aliphatic carbocycles. The number of rotatable bonds is 5. The zero-order valence-electron chi connectivity index (χ0n) is 13.4. The number of hydrogen-bond acceptors (Lipinski definition) is 4. The lowest BCUT2D eigenvalue weighted by Crippen LogP contribution is -2.35. The molecule has 0 spiro atoms. The number of nitrogens with zero attached hydrogens (tertiary/aromatic N) is 2. The molecule has 0 saturated heterocycles. The number of benzene rings is 1. The monoisotopic (exact) mass is 334 g/mol. The highest BCUT2D eigenvalue weighted by Gasteiger charge is 2.24. The number of aliphatic hydroxyl groups excluding tert-OH is 1. The molecule has 0 amide bonds. The molecule has 124 valence electrons. The normalized spacial score (nSPS) is 21.7. The van der Waals surface area contributed by atoms with Crippen LogP contribution in [0.3, 0.4) is 0 Å². The van der Waals surface area contributed by atoms with Crippen LogP contribution in [0.25, 0.3) is 11.3 Å². The molecule has 0 unspecified atom stereocenters. The number of oxazole rings is 1. The van der Waals surface area contributed by atoms with Gasteiger partial charge in [-0.1, -0.05) is 11.6 Å². The van der Waals surface area contributed by atoms with Crippen LogP contribution in [0.5, 0.6) is 0 Å². The summed E-state index contributed by atoms with van der Waals surface area (Å²) in [7, 11) is 2.12. The zero-order chi connectivity index (χ0) is 16.2. The molecule has 3 rings (SSSR count). The van der Waals surface area contributed by atoms with Crippen molar-refractivity contribution in [3.8, 4) is 11.3 Å². The van der Waals surface area contributed by atoms with E-state index in [1.165, 1.54) is 0 Å². The van der Waals surface area contributed by atoms with Gasteiger partial charge in [-0.2, -0.15) is 0 Å². The predicted octanol–water partition coefficient (Wildman–Crippen LogP) is 3.98. The van der Waals surface area contributed by atoms with E-state index in [1.54, 1.807) is 6.20 Å². The van der Waals surface area contributed by atoms with Gasteiger partial charge in [0.15, 0.2) is 5.76 Å². The molecular weight excluding hydrogens is 312 g/mol. The van der Waals surface area contributed by atoms with Crippen molar-refractivity contribution < 1.29 is 9.52 Å². The molecule has 1 aromatic carbocycles. The first-order valence-electron chi connectivity index (χ1n) is 8.17. The van der Waals surface area contributed by atoms with Crippen LogP contribution in [0.1, 0.15) is 31.6 Å². The molecule has 0 atom stereocenters. The molecular formula is C18H23ClN2O2. The summed E-state index contributed by atoms with van der Waals surface area (Å²) in [6.07, 6.45) is 6.24. The predicted molar refractivity (Wildman–Crippen MR) is 91.2 cm³/mol. The Balaban J connectivity index is 1.59. The Morgan fingerprint density at radius 3 is 2.57 bits per heavy atom. The van der Waals surface area contributed by atoms with Crippen LogP contribution in [0.4, 0.5) is 0 Å². The first-order chi connectivity index (χ1) is 11.2. The standard InChI is InChI=1S/C18H23ClN2O2/c1-21(16-8-2-13(12-22)3-9-16)11-18-20-10-17(23-18)14-4-6-15(19)7-5-14/h4-7,10,13,16,22H,2-3,8-9,11-12H2,1H3. The van der Waals surface area contributed by atoms with Crippen molar-refractivity contribution >= 4 is 11.6 Å². The molecule has 23 heavy (non-hydrogen) atoms. The van der Waals surface area contributed by atoms with Gasteiger partial charge in [0.05, 0.1) is 12.7 Å². The highest BCUT2D eigenvalue weighted by molar-refractivity contribution is 6.30. The minimum atomic E-state index is 0.320. The van der Waals surface area contributed by atoms with E-state index in [1.807, 2.05) is 24.3 Å². The third-order valence-corrected chi connectivity index (χ3v) is 5.02. The summed E-state index contributed by atoms with van der Waals surface area (Å²) in [5.74, 6) is 1.99. The van der Waals surface area contributed by atoms with Gasteiger partial charge in [-0.3, -0.25) is 4.90 Å². The summed E-state index contributed by atoms with van der Waals surface area (Å²) in [6, 6.07) is 8.12. The van der Waals surface area contributed by atoms with Crippen LogP contribution < -0.4 is 0 Å². The lowest BCUT2D eigenvalue weighted by atomic mass is 9.86. The maximum atomic E-state index is 9.23. The van der Waals surface area contributed by atoms with Gasteiger partial charge in [0.1, 0.15) is 0 Å². The topological polar surface area (TPSA) is 49.5 Å². The third-order valence-electron chi connectivity index (χ3n) is 4.76. The highest BCUT2D eigenvalue weighted by atomic mass is 35.5. The fourth-order valence-electron chi connectivity index (χ4n) is 3.24. The number of hydrogen-bond donors (Lipinski definition) is 1. The molecule has 4 nitrogen and oxygen atoms in total. The molecule has 0 bridgehead atoms. The van der Waals surface area contributed by atoms with E-state index in [2.05, 4.69) is 16.9 Å². The van der Waals surface area contributed by atoms with Crippen molar-refractivity contribution in [1.29, 1.82) is 0 Å². The van der Waals surface area contributed by atoms with Gasteiger partial charge in [-0.25, -0.2) is 4.98 Å². The summed E-state index contributed by atoms with van der Waals surface area (Å²) in [6.45, 7) is 1.03. The minimum Gasteiger partial charge on any atom is -0.439 e. The van der Waals surface area contributed by atoms with Crippen LogP contribution in [0, 0.1) is 5.92 Å². The Labute approximate surface area is 142 Å². The third kappa shape index (κ3) is 4.14. The van der Waals surface area contributed by atoms with Crippen molar-refractivity contribution in [3.63, 3.8) is 0 Å². The second kappa shape index (κ2) is 7.47. The van der Waals surface area contributed by atoms with E-state index >= 15 is 0 Å². The second-order valence-corrected chi connectivity index (χ2v) is 6.83.